The Morgan fingerprint density at radius 3 is 1.51 bits per heavy atom. The van der Waals surface area contributed by atoms with Crippen LogP contribution in [0.25, 0.3) is 21.8 Å². The second-order valence-electron chi connectivity index (χ2n) is 30.6. The van der Waals surface area contributed by atoms with Crippen LogP contribution in [-0.2, 0) is 104 Å². The molecule has 0 saturated carbocycles. The molecule has 4 heterocycles. The van der Waals surface area contributed by atoms with Crippen LogP contribution in [0.1, 0.15) is 99.1 Å². The molecule has 0 spiro atoms. The number of phenols is 1. The van der Waals surface area contributed by atoms with Gasteiger partial charge in [0.1, 0.15) is 72.2 Å². The molecule has 12 atom stereocenters. The average Bonchev–Trinajstić information content (AvgIpc) is 1.65. The van der Waals surface area contributed by atoms with E-state index in [2.05, 4.69) is 102 Å². The summed E-state index contributed by atoms with van der Waals surface area (Å²) in [6, 6.07) is 14.2. The van der Waals surface area contributed by atoms with Crippen LogP contribution in [0.4, 0.5) is 0 Å². The Balaban J connectivity index is 0.925. The monoisotopic (exact) mass is 1800 g/mol. The number of aromatic nitrogens is 4. The lowest BCUT2D eigenvalue weighted by atomic mass is 10.0. The van der Waals surface area contributed by atoms with Gasteiger partial charge in [0.2, 0.25) is 88.6 Å². The van der Waals surface area contributed by atoms with Crippen LogP contribution >= 0.6 is 36.2 Å². The van der Waals surface area contributed by atoms with Gasteiger partial charge in [0.05, 0.1) is 37.7 Å². The molecule has 1 unspecified atom stereocenters. The first-order valence-corrected chi connectivity index (χ1v) is 45.1. The van der Waals surface area contributed by atoms with Crippen LogP contribution in [0.5, 0.6) is 5.75 Å². The number of likely N-dealkylation sites (tertiary alicyclic amines) is 1. The van der Waals surface area contributed by atoms with Gasteiger partial charge >= 0.3 is 0 Å². The number of amides is 15. The molecule has 0 radical (unpaired) electrons. The molecular formula is C85H116N22O16S3. The first kappa shape index (κ1) is 99.4. The van der Waals surface area contributed by atoms with Crippen molar-refractivity contribution in [1.29, 1.82) is 0 Å². The number of primary amides is 1. The number of carbonyl (C=O) groups is 15. The first-order valence-electron chi connectivity index (χ1n) is 41.7. The summed E-state index contributed by atoms with van der Waals surface area (Å²) >= 11 is 6.82. The summed E-state index contributed by atoms with van der Waals surface area (Å²) in [5.41, 5.74) is 27.7. The Hall–Kier alpha value is -12.0. The zero-order chi connectivity index (χ0) is 91.2. The summed E-state index contributed by atoms with van der Waals surface area (Å²) < 4.78 is 0. The maximum absolute atomic E-state index is 15.2. The molecule has 126 heavy (non-hydrogen) atoms. The maximum atomic E-state index is 15.2. The zero-order valence-corrected chi connectivity index (χ0v) is 73.1. The minimum Gasteiger partial charge on any atom is -0.508 e. The van der Waals surface area contributed by atoms with E-state index >= 15 is 9.59 Å². The Kier molecular flexibility index (Phi) is 40.5. The van der Waals surface area contributed by atoms with Crippen molar-refractivity contribution < 1.29 is 77.0 Å². The van der Waals surface area contributed by atoms with Gasteiger partial charge in [0.25, 0.3) is 0 Å². The number of benzene rings is 4. The highest BCUT2D eigenvalue weighted by Crippen LogP contribution is 2.25. The number of thioether (sulfide) groups is 2. The number of para-hydroxylation sites is 2. The summed E-state index contributed by atoms with van der Waals surface area (Å²) in [5, 5.41) is 46.0. The Morgan fingerprint density at radius 1 is 0.484 bits per heavy atom. The molecule has 25 N–H and O–H groups in total. The fourth-order valence-corrected chi connectivity index (χ4v) is 15.4. The number of nitrogens with zero attached hydrogens (tertiary/aromatic N) is 2. The van der Waals surface area contributed by atoms with Crippen molar-refractivity contribution >= 4 is 147 Å². The number of unbranched alkanes of at least 4 members (excludes halogenated alkanes) is 2. The summed E-state index contributed by atoms with van der Waals surface area (Å²) in [5.74, 6) is -11.5. The number of H-pyrrole nitrogens is 3. The first-order chi connectivity index (χ1) is 60.6. The fourth-order valence-electron chi connectivity index (χ4n) is 14.2. The van der Waals surface area contributed by atoms with Crippen LogP contribution < -0.4 is 92.1 Å². The van der Waals surface area contributed by atoms with Gasteiger partial charge < -0.3 is 117 Å². The molecule has 1 saturated heterocycles. The topological polar surface area (TPSA) is 600 Å². The van der Waals surface area contributed by atoms with Gasteiger partial charge in [0, 0.05) is 78.4 Å². The lowest BCUT2D eigenvalue weighted by Crippen LogP contribution is -2.60. The highest BCUT2D eigenvalue weighted by Gasteiger charge is 2.42. The quantitative estimate of drug-likeness (QED) is 0.0149. The van der Waals surface area contributed by atoms with Gasteiger partial charge in [-0.2, -0.15) is 36.2 Å². The second kappa shape index (κ2) is 51.4. The van der Waals surface area contributed by atoms with E-state index in [9.17, 15) is 67.4 Å². The molecule has 3 aromatic heterocycles. The average molecular weight is 1800 g/mol. The third-order valence-electron chi connectivity index (χ3n) is 21.1. The van der Waals surface area contributed by atoms with E-state index in [1.807, 2.05) is 72.8 Å². The number of aromatic amines is 3. The zero-order valence-electron chi connectivity index (χ0n) is 70.6. The van der Waals surface area contributed by atoms with Crippen molar-refractivity contribution in [3.63, 3.8) is 0 Å². The van der Waals surface area contributed by atoms with Crippen molar-refractivity contribution in [3.8, 4) is 5.75 Å². The predicted molar refractivity (Wildman–Crippen MR) is 480 cm³/mol. The summed E-state index contributed by atoms with van der Waals surface area (Å²) in [6.45, 7) is 0.0807. The standard InChI is InChI=1S/C85H116N22O16S3/c1-49(97-81(119)66(38-52-41-91-59-20-9-7-18-56(52)59)105-84(122)70-24-15-33-107(70)85(123)68(40-54-43-90-48-96-54)106-83(121)67(39-53-42-92-60-21-10-8-19-57(53)60)103-76(114)58(88)36-50-16-5-4-6-17-50)75(113)100-63(29-34-125-2)79(117)102-64(30-35-126-3)80(118)104-65(37-51-25-27-55(108)28-26-51)82(120)101-62(23-12-14-32-87)77(115)94-44-71(109)93-45-72(110)99-69(47-124)78(116)95-46-73(111)98-61(74(89)112)22-11-13-31-86/h4-10,16-21,25-28,41-43,48-49,58,61-70,91-92,108,124H,11-15,22-24,29-40,44-47,86-88H2,1-3H3,(H2,89,112)(H,90,96)(H,93,109)(H,94,115)(H,95,116)(H,97,119)(H,98,111)(H,99,110)(H,100,113)(H,101,120)(H,102,117)(H,103,114)(H,104,118)(H,105,122)(H,106,121)/t49-,58-,61-,62-,63-,64-,65-,66-,67-,68-,69?,70-/m1/s1. The van der Waals surface area contributed by atoms with Crippen molar-refractivity contribution in [2.75, 3.05) is 69.0 Å². The number of imidazole rings is 1. The lowest BCUT2D eigenvalue weighted by molar-refractivity contribution is -0.142. The van der Waals surface area contributed by atoms with Crippen LogP contribution in [0, 0.1) is 0 Å². The van der Waals surface area contributed by atoms with E-state index < -0.39 is 181 Å². The minimum atomic E-state index is -1.47. The lowest BCUT2D eigenvalue weighted by Gasteiger charge is -2.31. The molecule has 7 aromatic rings. The van der Waals surface area contributed by atoms with Crippen molar-refractivity contribution in [2.24, 2.45) is 22.9 Å². The normalized spacial score (nSPS) is 15.0. The van der Waals surface area contributed by atoms with E-state index in [0.717, 1.165) is 27.4 Å². The smallest absolute Gasteiger partial charge is 0.246 e. The molecular weight excluding hydrogens is 1680 g/mol. The Bertz CT molecular complexity index is 4830. The van der Waals surface area contributed by atoms with Crippen LogP contribution in [0.15, 0.2) is 128 Å². The molecule has 15 amide bonds. The largest absolute Gasteiger partial charge is 0.508 e. The van der Waals surface area contributed by atoms with Crippen molar-refractivity contribution in [1.82, 2.24) is 94.0 Å². The highest BCUT2D eigenvalue weighted by molar-refractivity contribution is 7.98. The van der Waals surface area contributed by atoms with Crippen LogP contribution in [0.2, 0.25) is 0 Å². The number of hydrogen-bond acceptors (Lipinski definition) is 23. The third kappa shape index (κ3) is 31.3. The number of rotatable bonds is 53. The predicted octanol–water partition coefficient (Wildman–Crippen LogP) is -1.69. The molecule has 1 aliphatic rings. The van der Waals surface area contributed by atoms with E-state index in [4.69, 9.17) is 22.9 Å². The van der Waals surface area contributed by atoms with Crippen molar-refractivity contribution in [3.05, 3.63) is 156 Å². The minimum absolute atomic E-state index is 0.00200. The van der Waals surface area contributed by atoms with E-state index in [1.54, 1.807) is 37.2 Å². The fraction of sp³-hybridized carbons (Fsp3) is 0.459. The number of phenolic OH excluding ortho intramolecular Hbond substituents is 1. The molecule has 0 bridgehead atoms. The number of nitrogens with two attached hydrogens (primary N) is 4. The van der Waals surface area contributed by atoms with Gasteiger partial charge in [-0.3, -0.25) is 71.9 Å². The number of fused-ring (bicyclic) bond motifs is 2. The van der Waals surface area contributed by atoms with Crippen LogP contribution in [0.3, 0.4) is 0 Å². The number of aromatic hydroxyl groups is 1. The number of thiol groups is 1. The second-order valence-corrected chi connectivity index (χ2v) is 32.9. The van der Waals surface area contributed by atoms with Gasteiger partial charge in [-0.25, -0.2) is 4.98 Å². The number of carbonyl (C=O) groups excluding carboxylic acids is 15. The maximum Gasteiger partial charge on any atom is 0.246 e. The molecule has 4 aromatic carbocycles. The highest BCUT2D eigenvalue weighted by atomic mass is 32.2. The van der Waals surface area contributed by atoms with E-state index in [-0.39, 0.29) is 88.8 Å². The van der Waals surface area contributed by atoms with Gasteiger partial charge in [-0.15, -0.1) is 0 Å². The number of hydrogen-bond donors (Lipinski definition) is 22. The van der Waals surface area contributed by atoms with Crippen LogP contribution in [-0.4, -0.2) is 260 Å². The third-order valence-corrected chi connectivity index (χ3v) is 22.8. The molecule has 41 heteroatoms. The van der Waals surface area contributed by atoms with Gasteiger partial charge in [-0.1, -0.05) is 78.9 Å². The van der Waals surface area contributed by atoms with Crippen molar-refractivity contribution in [2.45, 2.75) is 176 Å². The van der Waals surface area contributed by atoms with E-state index in [1.165, 1.54) is 65.9 Å². The molecule has 38 nitrogen and oxygen atoms in total. The summed E-state index contributed by atoms with van der Waals surface area (Å²) in [4.78, 5) is 225. The Labute approximate surface area is 742 Å². The van der Waals surface area contributed by atoms with E-state index in [0.29, 0.717) is 72.5 Å². The van der Waals surface area contributed by atoms with Gasteiger partial charge in [-0.05, 0) is 161 Å². The summed E-state index contributed by atoms with van der Waals surface area (Å²) in [6.07, 6.45) is 12.2. The van der Waals surface area contributed by atoms with Gasteiger partial charge in [0.15, 0.2) is 0 Å². The molecule has 680 valence electrons. The molecule has 8 rings (SSSR count). The SMILES string of the molecule is CSCC[C@@H](NC(=O)[C@@H](C)NC(=O)[C@@H](Cc1c[nH]c2ccccc12)NC(=O)[C@H]1CCCN1C(=O)[C@@H](Cc1c[nH]cn1)NC(=O)[C@@H](Cc1c[nH]c2ccccc12)NC(=O)[C@H](N)Cc1ccccc1)C(=O)N[C@H](CCSC)C(=O)N[C@H](Cc1ccc(O)cc1)C(=O)N[C@H](CCCCN)C(=O)NCC(=O)NCC(=O)NC(CS)C(=O)NCC(=O)N[C@H](CCCCN)C(N)=O. The molecule has 1 aliphatic heterocycles. The number of nitrogens with one attached hydrogen (secondary N) is 16. The molecule has 1 fully saturated rings. The summed E-state index contributed by atoms with van der Waals surface area (Å²) in [7, 11) is 0. The Morgan fingerprint density at radius 2 is 0.952 bits per heavy atom. The molecule has 0 aliphatic carbocycles.